The molecular formula is C12H19NO. The van der Waals surface area contributed by atoms with Gasteiger partial charge in [0.2, 0.25) is 0 Å². The minimum absolute atomic E-state index is 0.112. The fraction of sp³-hybridized carbons (Fsp3) is 0.917. The van der Waals surface area contributed by atoms with Crippen molar-refractivity contribution in [2.24, 2.45) is 29.4 Å². The first-order valence-corrected chi connectivity index (χ1v) is 6.05. The van der Waals surface area contributed by atoms with Crippen LogP contribution in [0.3, 0.4) is 0 Å². The Morgan fingerprint density at radius 3 is 2.43 bits per heavy atom. The van der Waals surface area contributed by atoms with Crippen molar-refractivity contribution in [2.45, 2.75) is 44.6 Å². The van der Waals surface area contributed by atoms with Crippen LogP contribution in [0.2, 0.25) is 0 Å². The Balaban J connectivity index is 1.67. The molecule has 0 radical (unpaired) electrons. The number of carbonyl (C=O) groups excluding carboxylic acids is 1. The lowest BCUT2D eigenvalue weighted by Gasteiger charge is -2.23. The van der Waals surface area contributed by atoms with Gasteiger partial charge in [-0.1, -0.05) is 6.42 Å². The van der Waals surface area contributed by atoms with Gasteiger partial charge in [0.05, 0.1) is 6.04 Å². The van der Waals surface area contributed by atoms with Crippen LogP contribution in [0.25, 0.3) is 0 Å². The number of hydrogen-bond donors (Lipinski definition) is 1. The Labute approximate surface area is 85.2 Å². The monoisotopic (exact) mass is 193 g/mol. The first kappa shape index (κ1) is 8.90. The third kappa shape index (κ3) is 1.31. The van der Waals surface area contributed by atoms with Gasteiger partial charge < -0.3 is 5.73 Å². The highest BCUT2D eigenvalue weighted by molar-refractivity contribution is 5.87. The summed E-state index contributed by atoms with van der Waals surface area (Å²) in [5.41, 5.74) is 5.98. The molecule has 0 spiro atoms. The minimum Gasteiger partial charge on any atom is -0.321 e. The van der Waals surface area contributed by atoms with Gasteiger partial charge in [-0.25, -0.2) is 0 Å². The van der Waals surface area contributed by atoms with E-state index in [1.54, 1.807) is 0 Å². The number of carbonyl (C=O) groups is 1. The molecule has 4 atom stereocenters. The maximum absolute atomic E-state index is 12.1. The molecule has 14 heavy (non-hydrogen) atoms. The van der Waals surface area contributed by atoms with E-state index in [1.165, 1.54) is 32.1 Å². The summed E-state index contributed by atoms with van der Waals surface area (Å²) in [6.07, 6.45) is 7.50. The van der Waals surface area contributed by atoms with E-state index in [4.69, 9.17) is 5.73 Å². The van der Waals surface area contributed by atoms with Crippen LogP contribution in [0.5, 0.6) is 0 Å². The summed E-state index contributed by atoms with van der Waals surface area (Å²) < 4.78 is 0. The summed E-state index contributed by atoms with van der Waals surface area (Å²) in [6.45, 7) is 0. The standard InChI is InChI=1S/C12H19NO/c13-11(8-3-4-8)12(14)10-6-7-1-2-9(10)5-7/h7-11H,1-6,13H2. The van der Waals surface area contributed by atoms with Gasteiger partial charge in [0.1, 0.15) is 0 Å². The predicted octanol–water partition coefficient (Wildman–Crippen LogP) is 1.73. The van der Waals surface area contributed by atoms with E-state index in [9.17, 15) is 4.79 Å². The number of rotatable bonds is 3. The molecule has 3 saturated carbocycles. The van der Waals surface area contributed by atoms with Gasteiger partial charge >= 0.3 is 0 Å². The largest absolute Gasteiger partial charge is 0.321 e. The number of ketones is 1. The van der Waals surface area contributed by atoms with Crippen LogP contribution < -0.4 is 5.73 Å². The van der Waals surface area contributed by atoms with Crippen molar-refractivity contribution >= 4 is 5.78 Å². The molecule has 0 aliphatic heterocycles. The van der Waals surface area contributed by atoms with Crippen molar-refractivity contribution in [3.63, 3.8) is 0 Å². The number of Topliss-reactive ketones (excluding diaryl/α,β-unsaturated/α-hetero) is 1. The lowest BCUT2D eigenvalue weighted by molar-refractivity contribution is -0.126. The molecule has 0 heterocycles. The molecule has 3 aliphatic carbocycles. The first-order chi connectivity index (χ1) is 6.75. The van der Waals surface area contributed by atoms with Crippen LogP contribution in [0.4, 0.5) is 0 Å². The van der Waals surface area contributed by atoms with Crippen molar-refractivity contribution in [1.29, 1.82) is 0 Å². The van der Waals surface area contributed by atoms with Crippen LogP contribution in [-0.4, -0.2) is 11.8 Å². The van der Waals surface area contributed by atoms with Crippen LogP contribution >= 0.6 is 0 Å². The van der Waals surface area contributed by atoms with E-state index in [2.05, 4.69) is 0 Å². The van der Waals surface area contributed by atoms with Gasteiger partial charge in [0.15, 0.2) is 5.78 Å². The van der Waals surface area contributed by atoms with Crippen LogP contribution in [0.15, 0.2) is 0 Å². The van der Waals surface area contributed by atoms with E-state index in [0.717, 1.165) is 12.3 Å². The first-order valence-electron chi connectivity index (χ1n) is 6.05. The Hall–Kier alpha value is -0.370. The molecule has 2 bridgehead atoms. The van der Waals surface area contributed by atoms with Crippen molar-refractivity contribution in [3.05, 3.63) is 0 Å². The predicted molar refractivity (Wildman–Crippen MR) is 54.6 cm³/mol. The molecule has 0 aromatic heterocycles. The maximum Gasteiger partial charge on any atom is 0.153 e. The van der Waals surface area contributed by atoms with Gasteiger partial charge in [0, 0.05) is 5.92 Å². The molecule has 3 aliphatic rings. The highest BCUT2D eigenvalue weighted by Crippen LogP contribution is 2.49. The van der Waals surface area contributed by atoms with Crippen molar-refractivity contribution in [3.8, 4) is 0 Å². The van der Waals surface area contributed by atoms with Crippen molar-refractivity contribution in [1.82, 2.24) is 0 Å². The summed E-state index contributed by atoms with van der Waals surface area (Å²) in [4.78, 5) is 12.1. The second-order valence-corrected chi connectivity index (χ2v) is 5.55. The Morgan fingerprint density at radius 1 is 1.14 bits per heavy atom. The highest BCUT2D eigenvalue weighted by atomic mass is 16.1. The maximum atomic E-state index is 12.1. The Bertz CT molecular complexity index is 259. The molecule has 0 amide bonds. The van der Waals surface area contributed by atoms with Gasteiger partial charge in [0.25, 0.3) is 0 Å². The zero-order chi connectivity index (χ0) is 9.71. The van der Waals surface area contributed by atoms with E-state index >= 15 is 0 Å². The third-order valence-corrected chi connectivity index (χ3v) is 4.56. The van der Waals surface area contributed by atoms with E-state index in [-0.39, 0.29) is 6.04 Å². The highest BCUT2D eigenvalue weighted by Gasteiger charge is 2.46. The lowest BCUT2D eigenvalue weighted by Crippen LogP contribution is -2.39. The SMILES string of the molecule is NC(C(=O)C1CC2CCC1C2)C1CC1. The number of nitrogens with two attached hydrogens (primary N) is 1. The molecule has 2 nitrogen and oxygen atoms in total. The molecule has 3 fully saturated rings. The summed E-state index contributed by atoms with van der Waals surface area (Å²) in [5.74, 6) is 2.86. The van der Waals surface area contributed by atoms with Gasteiger partial charge in [-0.05, 0) is 49.9 Å². The smallest absolute Gasteiger partial charge is 0.153 e. The number of fused-ring (bicyclic) bond motifs is 2. The lowest BCUT2D eigenvalue weighted by atomic mass is 9.82. The quantitative estimate of drug-likeness (QED) is 0.741. The van der Waals surface area contributed by atoms with Crippen LogP contribution in [0, 0.1) is 23.7 Å². The molecule has 4 unspecified atom stereocenters. The molecule has 0 aromatic rings. The molecule has 3 rings (SSSR count). The summed E-state index contributed by atoms with van der Waals surface area (Å²) in [6, 6.07) is -0.112. The fourth-order valence-corrected chi connectivity index (χ4v) is 3.53. The molecule has 0 aromatic carbocycles. The zero-order valence-electron chi connectivity index (χ0n) is 8.61. The second-order valence-electron chi connectivity index (χ2n) is 5.55. The van der Waals surface area contributed by atoms with E-state index in [0.29, 0.717) is 23.5 Å². The summed E-state index contributed by atoms with van der Waals surface area (Å²) in [5, 5.41) is 0. The zero-order valence-corrected chi connectivity index (χ0v) is 8.61. The number of hydrogen-bond acceptors (Lipinski definition) is 2. The molecular weight excluding hydrogens is 174 g/mol. The average molecular weight is 193 g/mol. The van der Waals surface area contributed by atoms with Crippen molar-refractivity contribution < 1.29 is 4.79 Å². The van der Waals surface area contributed by atoms with Crippen LogP contribution in [0.1, 0.15) is 38.5 Å². The summed E-state index contributed by atoms with van der Waals surface area (Å²) in [7, 11) is 0. The molecule has 2 heteroatoms. The van der Waals surface area contributed by atoms with Gasteiger partial charge in [-0.3, -0.25) is 4.79 Å². The second kappa shape index (κ2) is 3.06. The molecule has 2 N–H and O–H groups in total. The summed E-state index contributed by atoms with van der Waals surface area (Å²) >= 11 is 0. The molecule has 0 saturated heterocycles. The Kier molecular flexibility index (Phi) is 1.94. The van der Waals surface area contributed by atoms with Gasteiger partial charge in [-0.2, -0.15) is 0 Å². The van der Waals surface area contributed by atoms with Gasteiger partial charge in [-0.15, -0.1) is 0 Å². The van der Waals surface area contributed by atoms with Crippen molar-refractivity contribution in [2.75, 3.05) is 0 Å². The third-order valence-electron chi connectivity index (χ3n) is 4.56. The van der Waals surface area contributed by atoms with E-state index in [1.807, 2.05) is 0 Å². The Morgan fingerprint density at radius 2 is 1.93 bits per heavy atom. The topological polar surface area (TPSA) is 43.1 Å². The fourth-order valence-electron chi connectivity index (χ4n) is 3.53. The average Bonchev–Trinajstić information content (AvgIpc) is 2.84. The van der Waals surface area contributed by atoms with Crippen LogP contribution in [-0.2, 0) is 4.79 Å². The minimum atomic E-state index is -0.112. The normalized spacial score (nSPS) is 42.8. The molecule has 78 valence electrons. The van der Waals surface area contributed by atoms with E-state index < -0.39 is 0 Å².